The molecular weight excluding hydrogens is 326 g/mol. The van der Waals surface area contributed by atoms with Crippen LogP contribution in [0.1, 0.15) is 37.0 Å². The first-order chi connectivity index (χ1) is 11.9. The summed E-state index contributed by atoms with van der Waals surface area (Å²) in [6.45, 7) is 3.38. The highest BCUT2D eigenvalue weighted by molar-refractivity contribution is 6.42. The molecule has 3 amide bonds. The number of esters is 1. The third kappa shape index (κ3) is 6.00. The molecule has 8 heteroatoms. The van der Waals surface area contributed by atoms with Gasteiger partial charge in [0.25, 0.3) is 0 Å². The van der Waals surface area contributed by atoms with Gasteiger partial charge >= 0.3 is 17.8 Å². The standard InChI is InChI=1S/C17H23N3O5/c1-3-4-11-25-17(24)13-7-5-6-8-14(13)19-15(22)16(23)20(10-9-18)12(2)21/h5-8H,3-4,9-11,18H2,1-2H3,(H,19,22). The number of anilines is 1. The molecule has 8 nitrogen and oxygen atoms in total. The predicted molar refractivity (Wildman–Crippen MR) is 91.7 cm³/mol. The molecule has 0 spiro atoms. The molecular formula is C17H23N3O5. The number of hydrogen-bond acceptors (Lipinski definition) is 6. The number of rotatable bonds is 7. The van der Waals surface area contributed by atoms with E-state index in [-0.39, 0.29) is 30.9 Å². The summed E-state index contributed by atoms with van der Waals surface area (Å²) in [5, 5.41) is 2.35. The number of unbranched alkanes of at least 4 members (excludes halogenated alkanes) is 1. The first-order valence-corrected chi connectivity index (χ1v) is 8.02. The largest absolute Gasteiger partial charge is 0.462 e. The van der Waals surface area contributed by atoms with Crippen LogP contribution < -0.4 is 11.1 Å². The average Bonchev–Trinajstić information content (AvgIpc) is 2.59. The van der Waals surface area contributed by atoms with E-state index in [1.807, 2.05) is 6.92 Å². The number of para-hydroxylation sites is 1. The third-order valence-electron chi connectivity index (χ3n) is 3.30. The van der Waals surface area contributed by atoms with E-state index < -0.39 is 23.7 Å². The number of carbonyl (C=O) groups is 4. The van der Waals surface area contributed by atoms with E-state index in [2.05, 4.69) is 5.32 Å². The van der Waals surface area contributed by atoms with E-state index in [1.54, 1.807) is 12.1 Å². The quantitative estimate of drug-likeness (QED) is 0.429. The summed E-state index contributed by atoms with van der Waals surface area (Å²) in [5.41, 5.74) is 5.61. The highest BCUT2D eigenvalue weighted by Gasteiger charge is 2.25. The smallest absolute Gasteiger partial charge is 0.340 e. The minimum Gasteiger partial charge on any atom is -0.462 e. The summed E-state index contributed by atoms with van der Waals surface area (Å²) >= 11 is 0. The van der Waals surface area contributed by atoms with Gasteiger partial charge in [-0.05, 0) is 18.6 Å². The second kappa shape index (κ2) is 10.2. The number of nitrogens with zero attached hydrogens (tertiary/aromatic N) is 1. The zero-order valence-electron chi connectivity index (χ0n) is 14.4. The summed E-state index contributed by atoms with van der Waals surface area (Å²) in [5.74, 6) is -3.25. The van der Waals surface area contributed by atoms with Crippen molar-refractivity contribution in [3.63, 3.8) is 0 Å². The summed E-state index contributed by atoms with van der Waals surface area (Å²) < 4.78 is 5.12. The monoisotopic (exact) mass is 349 g/mol. The van der Waals surface area contributed by atoms with Gasteiger partial charge in [-0.3, -0.25) is 19.3 Å². The maximum atomic E-state index is 12.1. The molecule has 0 aliphatic carbocycles. The van der Waals surface area contributed by atoms with Crippen LogP contribution in [-0.4, -0.2) is 48.3 Å². The Labute approximate surface area is 146 Å². The van der Waals surface area contributed by atoms with Gasteiger partial charge in [0, 0.05) is 20.0 Å². The van der Waals surface area contributed by atoms with Crippen molar-refractivity contribution < 1.29 is 23.9 Å². The van der Waals surface area contributed by atoms with Gasteiger partial charge in [0.2, 0.25) is 5.91 Å². The molecule has 1 aromatic carbocycles. The zero-order valence-corrected chi connectivity index (χ0v) is 14.4. The second-order valence-electron chi connectivity index (χ2n) is 5.25. The van der Waals surface area contributed by atoms with Crippen molar-refractivity contribution >= 4 is 29.4 Å². The summed E-state index contributed by atoms with van der Waals surface area (Å²) in [6.07, 6.45) is 1.60. The highest BCUT2D eigenvalue weighted by atomic mass is 16.5. The summed E-state index contributed by atoms with van der Waals surface area (Å²) in [4.78, 5) is 48.5. The Morgan fingerprint density at radius 1 is 1.20 bits per heavy atom. The number of ether oxygens (including phenoxy) is 1. The normalized spacial score (nSPS) is 10.0. The molecule has 0 aromatic heterocycles. The van der Waals surface area contributed by atoms with Crippen molar-refractivity contribution in [1.29, 1.82) is 0 Å². The second-order valence-corrected chi connectivity index (χ2v) is 5.25. The third-order valence-corrected chi connectivity index (χ3v) is 3.30. The highest BCUT2D eigenvalue weighted by Crippen LogP contribution is 2.16. The van der Waals surface area contributed by atoms with E-state index in [9.17, 15) is 19.2 Å². The van der Waals surface area contributed by atoms with E-state index in [0.717, 1.165) is 17.7 Å². The number of hydrogen-bond donors (Lipinski definition) is 2. The lowest BCUT2D eigenvalue weighted by atomic mass is 10.1. The van der Waals surface area contributed by atoms with Crippen molar-refractivity contribution in [2.45, 2.75) is 26.7 Å². The van der Waals surface area contributed by atoms with Gasteiger partial charge in [-0.15, -0.1) is 0 Å². The minimum atomic E-state index is -1.04. The molecule has 0 heterocycles. The lowest BCUT2D eigenvalue weighted by Gasteiger charge is -2.18. The molecule has 0 aliphatic rings. The summed E-state index contributed by atoms with van der Waals surface area (Å²) in [6, 6.07) is 6.18. The number of nitrogens with two attached hydrogens (primary N) is 1. The topological polar surface area (TPSA) is 119 Å². The molecule has 136 valence electrons. The molecule has 0 saturated heterocycles. The fourth-order valence-electron chi connectivity index (χ4n) is 1.99. The predicted octanol–water partition coefficient (Wildman–Crippen LogP) is 0.916. The van der Waals surface area contributed by atoms with Crippen molar-refractivity contribution in [2.75, 3.05) is 25.0 Å². The molecule has 0 atom stereocenters. The van der Waals surface area contributed by atoms with Gasteiger partial charge in [-0.2, -0.15) is 0 Å². The van der Waals surface area contributed by atoms with Crippen LogP contribution in [0.3, 0.4) is 0 Å². The minimum absolute atomic E-state index is 0.0406. The molecule has 25 heavy (non-hydrogen) atoms. The van der Waals surface area contributed by atoms with Crippen LogP contribution >= 0.6 is 0 Å². The Hall–Kier alpha value is -2.74. The molecule has 0 fully saturated rings. The summed E-state index contributed by atoms with van der Waals surface area (Å²) in [7, 11) is 0. The molecule has 1 rings (SSSR count). The number of carbonyl (C=O) groups excluding carboxylic acids is 4. The van der Waals surface area contributed by atoms with Crippen LogP contribution in [0, 0.1) is 0 Å². The van der Waals surface area contributed by atoms with E-state index >= 15 is 0 Å². The average molecular weight is 349 g/mol. The Kier molecular flexibility index (Phi) is 8.28. The Bertz CT molecular complexity index is 645. The maximum absolute atomic E-state index is 12.1. The fraction of sp³-hybridized carbons (Fsp3) is 0.412. The van der Waals surface area contributed by atoms with Crippen LogP contribution in [0.15, 0.2) is 24.3 Å². The molecule has 0 bridgehead atoms. The molecule has 0 unspecified atom stereocenters. The van der Waals surface area contributed by atoms with Gasteiger partial charge < -0.3 is 15.8 Å². The zero-order chi connectivity index (χ0) is 18.8. The van der Waals surface area contributed by atoms with Crippen molar-refractivity contribution in [2.24, 2.45) is 5.73 Å². The number of benzene rings is 1. The van der Waals surface area contributed by atoms with Crippen LogP contribution in [-0.2, 0) is 19.1 Å². The Balaban J connectivity index is 2.88. The SMILES string of the molecule is CCCCOC(=O)c1ccccc1NC(=O)C(=O)N(CCN)C(C)=O. The van der Waals surface area contributed by atoms with Crippen LogP contribution in [0.25, 0.3) is 0 Å². The first-order valence-electron chi connectivity index (χ1n) is 8.02. The Morgan fingerprint density at radius 2 is 1.88 bits per heavy atom. The van der Waals surface area contributed by atoms with Gasteiger partial charge in [-0.1, -0.05) is 25.5 Å². The van der Waals surface area contributed by atoms with Crippen molar-refractivity contribution in [3.05, 3.63) is 29.8 Å². The van der Waals surface area contributed by atoms with Crippen LogP contribution in [0.2, 0.25) is 0 Å². The number of amides is 3. The molecule has 0 radical (unpaired) electrons. The molecule has 1 aromatic rings. The van der Waals surface area contributed by atoms with Gasteiger partial charge in [0.1, 0.15) is 0 Å². The van der Waals surface area contributed by atoms with Crippen LogP contribution in [0.5, 0.6) is 0 Å². The number of nitrogens with one attached hydrogen (secondary N) is 1. The van der Waals surface area contributed by atoms with Gasteiger partial charge in [0.15, 0.2) is 0 Å². The fourth-order valence-corrected chi connectivity index (χ4v) is 1.99. The molecule has 0 aliphatic heterocycles. The molecule has 0 saturated carbocycles. The van der Waals surface area contributed by atoms with Gasteiger partial charge in [-0.25, -0.2) is 4.79 Å². The van der Waals surface area contributed by atoms with E-state index in [4.69, 9.17) is 10.5 Å². The van der Waals surface area contributed by atoms with Crippen molar-refractivity contribution in [1.82, 2.24) is 4.90 Å². The van der Waals surface area contributed by atoms with Gasteiger partial charge in [0.05, 0.1) is 17.9 Å². The number of imide groups is 1. The lowest BCUT2D eigenvalue weighted by molar-refractivity contribution is -0.149. The van der Waals surface area contributed by atoms with Crippen LogP contribution in [0.4, 0.5) is 5.69 Å². The first kappa shape index (κ1) is 20.3. The maximum Gasteiger partial charge on any atom is 0.340 e. The van der Waals surface area contributed by atoms with Crippen molar-refractivity contribution in [3.8, 4) is 0 Å². The lowest BCUT2D eigenvalue weighted by Crippen LogP contribution is -2.44. The Morgan fingerprint density at radius 3 is 2.48 bits per heavy atom. The van der Waals surface area contributed by atoms with E-state index in [0.29, 0.717) is 0 Å². The molecule has 3 N–H and O–H groups in total. The van der Waals surface area contributed by atoms with E-state index in [1.165, 1.54) is 19.1 Å².